The van der Waals surface area contributed by atoms with E-state index in [1.54, 1.807) is 0 Å². The van der Waals surface area contributed by atoms with Gasteiger partial charge in [-0.1, -0.05) is 14.0 Å². The van der Waals surface area contributed by atoms with Gasteiger partial charge in [-0.25, -0.2) is 4.79 Å². The second kappa shape index (κ2) is 4.85. The summed E-state index contributed by atoms with van der Waals surface area (Å²) >= 11 is 0. The van der Waals surface area contributed by atoms with Crippen molar-refractivity contribution in [1.29, 1.82) is 5.26 Å². The highest BCUT2D eigenvalue weighted by atomic mass is 16.5. The van der Waals surface area contributed by atoms with E-state index in [1.807, 2.05) is 0 Å². The molecule has 0 radical (unpaired) electrons. The maximum absolute atomic E-state index is 10.2. The van der Waals surface area contributed by atoms with Crippen LogP contribution in [-0.4, -0.2) is 5.97 Å². The first-order valence-electron chi connectivity index (χ1n) is 1.94. The largest absolute Gasteiger partial charge is 0.348 e. The topological polar surface area (TPSA) is 50.1 Å². The molecule has 0 unspecified atom stereocenters. The van der Waals surface area contributed by atoms with Gasteiger partial charge >= 0.3 is 5.97 Å². The first kappa shape index (κ1) is 10.6. The minimum absolute atomic E-state index is 0. The molecule has 0 N–H and O–H groups in total. The van der Waals surface area contributed by atoms with Crippen LogP contribution in [0.15, 0.2) is 12.2 Å². The molecule has 0 aromatic rings. The molecule has 0 aromatic carbocycles. The van der Waals surface area contributed by atoms with Gasteiger partial charge in [-0.15, -0.1) is 5.26 Å². The van der Waals surface area contributed by atoms with Crippen molar-refractivity contribution < 1.29 is 9.53 Å². The van der Waals surface area contributed by atoms with E-state index in [9.17, 15) is 4.79 Å². The van der Waals surface area contributed by atoms with Crippen LogP contribution in [0.25, 0.3) is 0 Å². The lowest BCUT2D eigenvalue weighted by Crippen LogP contribution is -1.98. The lowest BCUT2D eigenvalue weighted by atomic mass is 10.4. The Morgan fingerprint density at radius 1 is 1.78 bits per heavy atom. The number of hydrogen-bond acceptors (Lipinski definition) is 3. The number of esters is 1. The van der Waals surface area contributed by atoms with Crippen LogP contribution in [0.5, 0.6) is 0 Å². The molecule has 0 fully saturated rings. The third kappa shape index (κ3) is 4.56. The van der Waals surface area contributed by atoms with E-state index in [4.69, 9.17) is 5.26 Å². The van der Waals surface area contributed by atoms with Crippen molar-refractivity contribution in [3.63, 3.8) is 0 Å². The normalized spacial score (nSPS) is 6.22. The smallest absolute Gasteiger partial charge is 0.347 e. The summed E-state index contributed by atoms with van der Waals surface area (Å²) in [6.45, 7) is 4.72. The van der Waals surface area contributed by atoms with Gasteiger partial charge in [-0.05, 0) is 6.92 Å². The summed E-state index contributed by atoms with van der Waals surface area (Å²) < 4.78 is 3.87. The standard InChI is InChI=1S/C5H5NO2.CH4/c1-4(2)5(7)8-3-6;/h1H2,2H3;1H4. The molecule has 0 aliphatic carbocycles. The van der Waals surface area contributed by atoms with E-state index < -0.39 is 5.97 Å². The Morgan fingerprint density at radius 3 is 2.33 bits per heavy atom. The van der Waals surface area contributed by atoms with Gasteiger partial charge in [0.25, 0.3) is 6.26 Å². The van der Waals surface area contributed by atoms with E-state index in [0.29, 0.717) is 0 Å². The van der Waals surface area contributed by atoms with E-state index in [0.717, 1.165) is 0 Å². The number of carbonyl (C=O) groups is 1. The molecule has 9 heavy (non-hydrogen) atoms. The second-order valence-corrected chi connectivity index (χ2v) is 1.26. The summed E-state index contributed by atoms with van der Waals surface area (Å²) in [6, 6.07) is 0. The van der Waals surface area contributed by atoms with Crippen molar-refractivity contribution >= 4 is 5.97 Å². The molecule has 0 amide bonds. The lowest BCUT2D eigenvalue weighted by molar-refractivity contribution is -0.132. The fourth-order valence-electron chi connectivity index (χ4n) is 0.129. The van der Waals surface area contributed by atoms with Gasteiger partial charge in [-0.2, -0.15) is 0 Å². The Labute approximate surface area is 54.5 Å². The van der Waals surface area contributed by atoms with Crippen LogP contribution in [0.1, 0.15) is 14.4 Å². The van der Waals surface area contributed by atoms with Gasteiger partial charge in [0.1, 0.15) is 0 Å². The molecule has 0 aliphatic heterocycles. The zero-order valence-electron chi connectivity index (χ0n) is 4.47. The van der Waals surface area contributed by atoms with Gasteiger partial charge in [0, 0.05) is 5.57 Å². The van der Waals surface area contributed by atoms with Gasteiger partial charge in [-0.3, -0.25) is 0 Å². The Kier molecular flexibility index (Phi) is 5.73. The van der Waals surface area contributed by atoms with Gasteiger partial charge in [0.2, 0.25) is 0 Å². The number of nitrogens with zero attached hydrogens (tertiary/aromatic N) is 1. The molecule has 0 rings (SSSR count). The summed E-state index contributed by atoms with van der Waals surface area (Å²) in [5, 5.41) is 7.75. The number of ether oxygens (including phenoxy) is 1. The third-order valence-electron chi connectivity index (χ3n) is 0.487. The van der Waals surface area contributed by atoms with Crippen LogP contribution >= 0.6 is 0 Å². The molecule has 0 spiro atoms. The maximum atomic E-state index is 10.2. The first-order valence-corrected chi connectivity index (χ1v) is 1.94. The Bertz CT molecular complexity index is 155. The number of rotatable bonds is 1. The Hall–Kier alpha value is -1.30. The second-order valence-electron chi connectivity index (χ2n) is 1.26. The summed E-state index contributed by atoms with van der Waals surface area (Å²) in [5.41, 5.74) is 0.228. The van der Waals surface area contributed by atoms with Crippen LogP contribution in [0.2, 0.25) is 0 Å². The first-order chi connectivity index (χ1) is 3.68. The fourth-order valence-corrected chi connectivity index (χ4v) is 0.129. The molecule has 0 heterocycles. The molecule has 0 aliphatic rings. The minimum atomic E-state index is -0.674. The molecule has 0 bridgehead atoms. The summed E-state index contributed by atoms with van der Waals surface area (Å²) in [7, 11) is 0. The van der Waals surface area contributed by atoms with Crippen LogP contribution < -0.4 is 0 Å². The molecule has 0 aromatic heterocycles. The fraction of sp³-hybridized carbons (Fsp3) is 0.333. The SMILES string of the molecule is C.C=C(C)C(=O)OC#N. The number of carbonyl (C=O) groups excluding carboxylic acids is 1. The summed E-state index contributed by atoms with van der Waals surface area (Å²) in [5.74, 6) is -0.674. The number of hydrogen-bond donors (Lipinski definition) is 0. The zero-order valence-corrected chi connectivity index (χ0v) is 4.47. The van der Waals surface area contributed by atoms with Crippen molar-refractivity contribution in [2.24, 2.45) is 0 Å². The highest BCUT2D eigenvalue weighted by Crippen LogP contribution is 1.88. The van der Waals surface area contributed by atoms with Crippen LogP contribution in [-0.2, 0) is 9.53 Å². The predicted molar refractivity (Wildman–Crippen MR) is 33.2 cm³/mol. The molecule has 0 atom stereocenters. The predicted octanol–water partition coefficient (Wildman–Crippen LogP) is 1.22. The van der Waals surface area contributed by atoms with Gasteiger partial charge < -0.3 is 4.74 Å². The molecule has 3 heteroatoms. The maximum Gasteiger partial charge on any atom is 0.348 e. The van der Waals surface area contributed by atoms with Crippen molar-refractivity contribution in [2.75, 3.05) is 0 Å². The molecule has 0 saturated carbocycles. The quantitative estimate of drug-likeness (QED) is 0.302. The Balaban J connectivity index is 0. The van der Waals surface area contributed by atoms with E-state index in [1.165, 1.54) is 13.2 Å². The van der Waals surface area contributed by atoms with Crippen molar-refractivity contribution in [3.8, 4) is 6.26 Å². The molecule has 3 nitrogen and oxygen atoms in total. The lowest BCUT2D eigenvalue weighted by Gasteiger charge is -1.87. The molecule has 0 saturated heterocycles. The van der Waals surface area contributed by atoms with E-state index in [2.05, 4.69) is 11.3 Å². The highest BCUT2D eigenvalue weighted by molar-refractivity contribution is 5.87. The van der Waals surface area contributed by atoms with E-state index >= 15 is 0 Å². The summed E-state index contributed by atoms with van der Waals surface area (Å²) in [4.78, 5) is 10.2. The average molecular weight is 127 g/mol. The van der Waals surface area contributed by atoms with Crippen LogP contribution in [0.4, 0.5) is 0 Å². The Morgan fingerprint density at radius 2 is 2.22 bits per heavy atom. The summed E-state index contributed by atoms with van der Waals surface area (Å²) in [6.07, 6.45) is 1.24. The monoisotopic (exact) mass is 127 g/mol. The van der Waals surface area contributed by atoms with Gasteiger partial charge in [0.15, 0.2) is 0 Å². The van der Waals surface area contributed by atoms with Crippen molar-refractivity contribution in [2.45, 2.75) is 14.4 Å². The average Bonchev–Trinajstić information content (AvgIpc) is 1.67. The van der Waals surface area contributed by atoms with Crippen LogP contribution in [0.3, 0.4) is 0 Å². The molecular formula is C6H9NO2. The van der Waals surface area contributed by atoms with Crippen LogP contribution in [0, 0.1) is 11.5 Å². The number of nitriles is 1. The van der Waals surface area contributed by atoms with Crippen molar-refractivity contribution in [1.82, 2.24) is 0 Å². The molecule has 50 valence electrons. The third-order valence-corrected chi connectivity index (χ3v) is 0.487. The zero-order chi connectivity index (χ0) is 6.57. The minimum Gasteiger partial charge on any atom is -0.347 e. The molecular weight excluding hydrogens is 118 g/mol. The van der Waals surface area contributed by atoms with E-state index in [-0.39, 0.29) is 13.0 Å². The highest BCUT2D eigenvalue weighted by Gasteiger charge is 1.99. The van der Waals surface area contributed by atoms with Crippen molar-refractivity contribution in [3.05, 3.63) is 12.2 Å². The van der Waals surface area contributed by atoms with Gasteiger partial charge in [0.05, 0.1) is 0 Å².